The zero-order valence-corrected chi connectivity index (χ0v) is 25.9. The fourth-order valence-electron chi connectivity index (χ4n) is 6.60. The number of amides is 4. The van der Waals surface area contributed by atoms with Gasteiger partial charge in [0.1, 0.15) is 23.7 Å². The predicted molar refractivity (Wildman–Crippen MR) is 159 cm³/mol. The summed E-state index contributed by atoms with van der Waals surface area (Å²) in [7, 11) is 1.45. The largest absolute Gasteiger partial charge is 0.481 e. The number of carbonyl (C=O) groups is 5. The lowest BCUT2D eigenvalue weighted by Crippen LogP contribution is -2.59. The molecule has 6 atom stereocenters. The number of aliphatic carboxylic acids is 1. The quantitative estimate of drug-likeness (QED) is 0.435. The first-order chi connectivity index (χ1) is 20.2. The molecule has 0 aromatic heterocycles. The first-order valence-electron chi connectivity index (χ1n) is 15.4. The number of carbonyl (C=O) groups excluding carboxylic acids is 4. The van der Waals surface area contributed by atoms with E-state index in [4.69, 9.17) is 4.74 Å². The third-order valence-corrected chi connectivity index (χ3v) is 8.94. The highest BCUT2D eigenvalue weighted by molar-refractivity contribution is 5.94. The summed E-state index contributed by atoms with van der Waals surface area (Å²) in [5.41, 5.74) is 1.59. The van der Waals surface area contributed by atoms with Crippen LogP contribution in [0.15, 0.2) is 24.3 Å². The molecule has 0 radical (unpaired) electrons. The standard InChI is InChI=1S/C32H46N4O7/c1-19(35(5)31(42)43-32(2,3)4)28(39)34-25-17-20(18-27(37)38)13-14-22-15-16-26(36(22)30(25)41)29(40)33-24-12-8-10-21-9-6-7-11-23(21)24/h6-7,9,11,19-20,22,24-26H,8,10,12-18H2,1-5H3,(H,33,40)(H,34,39)(H,37,38)/t19-,20?,22-,24+,25-,26-/m0/s1. The molecule has 43 heavy (non-hydrogen) atoms. The second-order valence-electron chi connectivity index (χ2n) is 13.3. The second kappa shape index (κ2) is 13.3. The van der Waals surface area contributed by atoms with Crippen LogP contribution >= 0.6 is 0 Å². The van der Waals surface area contributed by atoms with Crippen molar-refractivity contribution < 1.29 is 33.8 Å². The van der Waals surface area contributed by atoms with Crippen molar-refractivity contribution in [2.45, 2.75) is 121 Å². The van der Waals surface area contributed by atoms with Crippen LogP contribution in [0.1, 0.15) is 96.2 Å². The molecule has 1 aromatic carbocycles. The molecular weight excluding hydrogens is 552 g/mol. The number of carboxylic acids is 1. The molecule has 0 spiro atoms. The maximum Gasteiger partial charge on any atom is 0.410 e. The number of fused-ring (bicyclic) bond motifs is 2. The van der Waals surface area contributed by atoms with E-state index >= 15 is 0 Å². The van der Waals surface area contributed by atoms with E-state index in [0.717, 1.165) is 24.8 Å². The van der Waals surface area contributed by atoms with Crippen LogP contribution in [0.25, 0.3) is 0 Å². The molecule has 1 unspecified atom stereocenters. The summed E-state index contributed by atoms with van der Waals surface area (Å²) in [4.78, 5) is 68.2. The fourth-order valence-corrected chi connectivity index (χ4v) is 6.60. The molecule has 3 aliphatic rings. The topological polar surface area (TPSA) is 145 Å². The van der Waals surface area contributed by atoms with Crippen LogP contribution in [0.5, 0.6) is 0 Å². The average Bonchev–Trinajstić information content (AvgIpc) is 3.36. The number of nitrogens with zero attached hydrogens (tertiary/aromatic N) is 2. The lowest BCUT2D eigenvalue weighted by Gasteiger charge is -2.38. The van der Waals surface area contributed by atoms with Crippen molar-refractivity contribution in [3.63, 3.8) is 0 Å². The molecule has 0 bridgehead atoms. The number of likely N-dealkylation sites (N-methyl/N-ethyl adjacent to an activating group) is 1. The van der Waals surface area contributed by atoms with E-state index in [1.807, 2.05) is 18.2 Å². The monoisotopic (exact) mass is 598 g/mol. The molecule has 1 aromatic rings. The summed E-state index contributed by atoms with van der Waals surface area (Å²) in [6, 6.07) is 5.10. The van der Waals surface area contributed by atoms with E-state index in [-0.39, 0.29) is 42.7 Å². The molecule has 2 aliphatic heterocycles. The Kier molecular flexibility index (Phi) is 10.0. The number of nitrogens with one attached hydrogen (secondary N) is 2. The number of hydrogen-bond donors (Lipinski definition) is 3. The van der Waals surface area contributed by atoms with Gasteiger partial charge in [0.15, 0.2) is 0 Å². The van der Waals surface area contributed by atoms with Crippen LogP contribution in [0.2, 0.25) is 0 Å². The van der Waals surface area contributed by atoms with Gasteiger partial charge in [0, 0.05) is 19.5 Å². The summed E-state index contributed by atoms with van der Waals surface area (Å²) in [6.07, 6.45) is 4.38. The minimum Gasteiger partial charge on any atom is -0.481 e. The summed E-state index contributed by atoms with van der Waals surface area (Å²) >= 11 is 0. The number of hydrogen-bond acceptors (Lipinski definition) is 6. The Balaban J connectivity index is 1.52. The van der Waals surface area contributed by atoms with E-state index in [9.17, 15) is 29.1 Å². The molecule has 2 saturated heterocycles. The Hall–Kier alpha value is -3.63. The molecule has 11 nitrogen and oxygen atoms in total. The van der Waals surface area contributed by atoms with E-state index < -0.39 is 41.7 Å². The maximum atomic E-state index is 14.1. The van der Waals surface area contributed by atoms with E-state index in [1.54, 1.807) is 25.7 Å². The van der Waals surface area contributed by atoms with Gasteiger partial charge in [0.2, 0.25) is 17.7 Å². The molecule has 3 N–H and O–H groups in total. The van der Waals surface area contributed by atoms with Crippen molar-refractivity contribution in [3.8, 4) is 0 Å². The number of aryl methyl sites for hydroxylation is 1. The third-order valence-electron chi connectivity index (χ3n) is 8.94. The van der Waals surface area contributed by atoms with Gasteiger partial charge < -0.3 is 25.4 Å². The number of ether oxygens (including phenoxy) is 1. The van der Waals surface area contributed by atoms with Crippen LogP contribution in [0.3, 0.4) is 0 Å². The lowest BCUT2D eigenvalue weighted by molar-refractivity contribution is -0.146. The highest BCUT2D eigenvalue weighted by Crippen LogP contribution is 2.35. The SMILES string of the molecule is C[C@@H](C(=O)N[C@H]1CC(CC(=O)O)CC[C@H]2CC[C@@H](C(=O)N[C@@H]3CCCc4ccccc43)N2C1=O)N(C)C(=O)OC(C)(C)C. The highest BCUT2D eigenvalue weighted by atomic mass is 16.6. The molecule has 1 aliphatic carbocycles. The first kappa shape index (κ1) is 32.3. The van der Waals surface area contributed by atoms with Gasteiger partial charge in [0.05, 0.1) is 6.04 Å². The molecule has 2 heterocycles. The molecule has 0 saturated carbocycles. The summed E-state index contributed by atoms with van der Waals surface area (Å²) < 4.78 is 5.38. The highest BCUT2D eigenvalue weighted by Gasteiger charge is 2.46. The molecule has 2 fully saturated rings. The summed E-state index contributed by atoms with van der Waals surface area (Å²) in [5, 5.41) is 15.5. The smallest absolute Gasteiger partial charge is 0.410 e. The van der Waals surface area contributed by atoms with Gasteiger partial charge in [0.25, 0.3) is 0 Å². The summed E-state index contributed by atoms with van der Waals surface area (Å²) in [5.74, 6) is -2.43. The van der Waals surface area contributed by atoms with Crippen molar-refractivity contribution in [2.75, 3.05) is 7.05 Å². The Morgan fingerprint density at radius 1 is 1.05 bits per heavy atom. The number of benzene rings is 1. The average molecular weight is 599 g/mol. The minimum atomic E-state index is -1.03. The fraction of sp³-hybridized carbons (Fsp3) is 0.656. The molecule has 4 amide bonds. The van der Waals surface area contributed by atoms with Gasteiger partial charge in [-0.1, -0.05) is 24.3 Å². The minimum absolute atomic E-state index is 0.120. The van der Waals surface area contributed by atoms with Crippen LogP contribution in [0.4, 0.5) is 4.79 Å². The van der Waals surface area contributed by atoms with Gasteiger partial charge in [-0.15, -0.1) is 0 Å². The summed E-state index contributed by atoms with van der Waals surface area (Å²) in [6.45, 7) is 6.72. The second-order valence-corrected chi connectivity index (χ2v) is 13.3. The van der Waals surface area contributed by atoms with Gasteiger partial charge in [-0.2, -0.15) is 0 Å². The van der Waals surface area contributed by atoms with Crippen LogP contribution in [-0.4, -0.2) is 81.5 Å². The molecule has 4 rings (SSSR count). The van der Waals surface area contributed by atoms with Gasteiger partial charge in [-0.25, -0.2) is 4.79 Å². The first-order valence-corrected chi connectivity index (χ1v) is 15.4. The number of carboxylic acid groups (broad SMARTS) is 1. The third kappa shape index (κ3) is 7.86. The van der Waals surface area contributed by atoms with Crippen LogP contribution < -0.4 is 10.6 Å². The number of rotatable bonds is 7. The Labute approximate surface area is 253 Å². The van der Waals surface area contributed by atoms with Crippen molar-refractivity contribution in [1.82, 2.24) is 20.4 Å². The Morgan fingerprint density at radius 2 is 1.74 bits per heavy atom. The van der Waals surface area contributed by atoms with Crippen molar-refractivity contribution >= 4 is 29.8 Å². The Morgan fingerprint density at radius 3 is 2.44 bits per heavy atom. The predicted octanol–water partition coefficient (Wildman–Crippen LogP) is 3.55. The lowest BCUT2D eigenvalue weighted by atomic mass is 9.87. The zero-order valence-electron chi connectivity index (χ0n) is 25.9. The van der Waals surface area contributed by atoms with Crippen molar-refractivity contribution in [3.05, 3.63) is 35.4 Å². The van der Waals surface area contributed by atoms with Crippen molar-refractivity contribution in [1.29, 1.82) is 0 Å². The Bertz CT molecular complexity index is 1230. The van der Waals surface area contributed by atoms with Gasteiger partial charge in [-0.3, -0.25) is 24.1 Å². The van der Waals surface area contributed by atoms with Crippen LogP contribution in [-0.2, 0) is 30.3 Å². The maximum absolute atomic E-state index is 14.1. The molecular formula is C32H46N4O7. The van der Waals surface area contributed by atoms with Crippen molar-refractivity contribution in [2.24, 2.45) is 5.92 Å². The normalized spacial score (nSPS) is 26.2. The van der Waals surface area contributed by atoms with E-state index in [1.165, 1.54) is 24.4 Å². The molecule has 11 heteroatoms. The van der Waals surface area contributed by atoms with Gasteiger partial charge >= 0.3 is 12.1 Å². The zero-order chi connectivity index (χ0) is 31.5. The van der Waals surface area contributed by atoms with Gasteiger partial charge in [-0.05, 0) is 96.1 Å². The van der Waals surface area contributed by atoms with Crippen LogP contribution in [0, 0.1) is 5.92 Å². The molecule has 236 valence electrons. The van der Waals surface area contributed by atoms with E-state index in [0.29, 0.717) is 25.7 Å². The van der Waals surface area contributed by atoms with E-state index in [2.05, 4.69) is 16.7 Å².